The molecule has 1 aliphatic rings. The standard InChI is InChI=1S/C13H19N3O/c1-3-8(2)16-11-6-4-5-9(11)7-10(12(14)15)13(16)17/h7-8H,3-6H2,1-2H3,(H3,14,15). The Labute approximate surface area is 101 Å². The second-order valence-electron chi connectivity index (χ2n) is 4.73. The Morgan fingerprint density at radius 2 is 2.29 bits per heavy atom. The molecular formula is C13H19N3O. The third-order valence-electron chi connectivity index (χ3n) is 3.61. The zero-order chi connectivity index (χ0) is 12.6. The molecule has 4 nitrogen and oxygen atoms in total. The van der Waals surface area contributed by atoms with Gasteiger partial charge in [0.25, 0.3) is 5.56 Å². The van der Waals surface area contributed by atoms with Crippen molar-refractivity contribution in [2.75, 3.05) is 0 Å². The summed E-state index contributed by atoms with van der Waals surface area (Å²) in [6.45, 7) is 4.11. The first-order valence-electron chi connectivity index (χ1n) is 6.18. The summed E-state index contributed by atoms with van der Waals surface area (Å²) in [6.07, 6.45) is 3.96. The molecule has 17 heavy (non-hydrogen) atoms. The lowest BCUT2D eigenvalue weighted by molar-refractivity contribution is 0.496. The number of hydrogen-bond acceptors (Lipinski definition) is 2. The minimum absolute atomic E-state index is 0.104. The zero-order valence-corrected chi connectivity index (χ0v) is 10.4. The minimum Gasteiger partial charge on any atom is -0.384 e. The van der Waals surface area contributed by atoms with Crippen LogP contribution < -0.4 is 11.3 Å². The molecule has 2 rings (SSSR count). The van der Waals surface area contributed by atoms with Crippen LogP contribution in [-0.2, 0) is 12.8 Å². The first kappa shape index (κ1) is 11.9. The van der Waals surface area contributed by atoms with Crippen molar-refractivity contribution in [3.05, 3.63) is 33.2 Å². The van der Waals surface area contributed by atoms with E-state index in [-0.39, 0.29) is 17.4 Å². The number of aryl methyl sites for hydroxylation is 1. The maximum absolute atomic E-state index is 12.3. The molecule has 3 N–H and O–H groups in total. The molecule has 0 spiro atoms. The van der Waals surface area contributed by atoms with Crippen LogP contribution in [0.3, 0.4) is 0 Å². The van der Waals surface area contributed by atoms with E-state index >= 15 is 0 Å². The Bertz CT molecular complexity index is 516. The van der Waals surface area contributed by atoms with Crippen LogP contribution >= 0.6 is 0 Å². The lowest BCUT2D eigenvalue weighted by Crippen LogP contribution is -2.33. The fourth-order valence-electron chi connectivity index (χ4n) is 2.51. The molecule has 0 saturated heterocycles. The monoisotopic (exact) mass is 233 g/mol. The summed E-state index contributed by atoms with van der Waals surface area (Å²) in [5, 5.41) is 7.50. The van der Waals surface area contributed by atoms with Gasteiger partial charge >= 0.3 is 0 Å². The van der Waals surface area contributed by atoms with Crippen LogP contribution in [0.5, 0.6) is 0 Å². The summed E-state index contributed by atoms with van der Waals surface area (Å²) in [7, 11) is 0. The van der Waals surface area contributed by atoms with Crippen molar-refractivity contribution in [2.24, 2.45) is 5.73 Å². The third kappa shape index (κ3) is 1.88. The zero-order valence-electron chi connectivity index (χ0n) is 10.4. The van der Waals surface area contributed by atoms with Crippen molar-refractivity contribution in [1.82, 2.24) is 4.57 Å². The van der Waals surface area contributed by atoms with Gasteiger partial charge in [-0.05, 0) is 44.2 Å². The molecule has 0 bridgehead atoms. The number of aromatic nitrogens is 1. The van der Waals surface area contributed by atoms with Crippen molar-refractivity contribution < 1.29 is 0 Å². The van der Waals surface area contributed by atoms with E-state index in [0.717, 1.165) is 31.4 Å². The predicted molar refractivity (Wildman–Crippen MR) is 68.7 cm³/mol. The summed E-state index contributed by atoms with van der Waals surface area (Å²) in [4.78, 5) is 12.3. The largest absolute Gasteiger partial charge is 0.384 e. The van der Waals surface area contributed by atoms with Gasteiger partial charge in [-0.15, -0.1) is 0 Å². The fourth-order valence-corrected chi connectivity index (χ4v) is 2.51. The molecular weight excluding hydrogens is 214 g/mol. The van der Waals surface area contributed by atoms with Gasteiger partial charge in [-0.2, -0.15) is 0 Å². The highest BCUT2D eigenvalue weighted by molar-refractivity contribution is 5.94. The molecule has 0 fully saturated rings. The van der Waals surface area contributed by atoms with Crippen molar-refractivity contribution in [2.45, 2.75) is 45.6 Å². The number of amidine groups is 1. The topological polar surface area (TPSA) is 71.9 Å². The van der Waals surface area contributed by atoms with Crippen molar-refractivity contribution in [3.8, 4) is 0 Å². The van der Waals surface area contributed by atoms with Gasteiger partial charge in [-0.25, -0.2) is 0 Å². The first-order valence-corrected chi connectivity index (χ1v) is 6.18. The Hall–Kier alpha value is -1.58. The van der Waals surface area contributed by atoms with E-state index in [1.54, 1.807) is 0 Å². The van der Waals surface area contributed by atoms with Gasteiger partial charge in [-0.1, -0.05) is 6.92 Å². The second kappa shape index (κ2) is 4.35. The van der Waals surface area contributed by atoms with Crippen molar-refractivity contribution in [3.63, 3.8) is 0 Å². The summed E-state index contributed by atoms with van der Waals surface area (Å²) in [5.41, 5.74) is 8.08. The molecule has 1 aromatic rings. The van der Waals surface area contributed by atoms with Gasteiger partial charge in [-0.3, -0.25) is 10.2 Å². The van der Waals surface area contributed by atoms with Crippen LogP contribution in [0.4, 0.5) is 0 Å². The van der Waals surface area contributed by atoms with Crippen LogP contribution in [-0.4, -0.2) is 10.4 Å². The third-order valence-corrected chi connectivity index (χ3v) is 3.61. The molecule has 0 radical (unpaired) electrons. The lowest BCUT2D eigenvalue weighted by Gasteiger charge is -2.19. The Balaban J connectivity index is 2.71. The van der Waals surface area contributed by atoms with Crippen LogP contribution in [0.2, 0.25) is 0 Å². The number of hydrogen-bond donors (Lipinski definition) is 2. The second-order valence-corrected chi connectivity index (χ2v) is 4.73. The average molecular weight is 233 g/mol. The summed E-state index contributed by atoms with van der Waals surface area (Å²) in [5.74, 6) is -0.123. The predicted octanol–water partition coefficient (Wildman–Crippen LogP) is 1.59. The Morgan fingerprint density at radius 3 is 2.88 bits per heavy atom. The minimum atomic E-state index is -0.123. The number of pyridine rings is 1. The average Bonchev–Trinajstić information content (AvgIpc) is 2.74. The smallest absolute Gasteiger partial charge is 0.262 e. The van der Waals surface area contributed by atoms with Crippen molar-refractivity contribution >= 4 is 5.84 Å². The van der Waals surface area contributed by atoms with Gasteiger partial charge < -0.3 is 10.3 Å². The summed E-state index contributed by atoms with van der Waals surface area (Å²) < 4.78 is 1.85. The number of rotatable bonds is 3. The van der Waals surface area contributed by atoms with Gasteiger partial charge in [0.05, 0.1) is 5.56 Å². The quantitative estimate of drug-likeness (QED) is 0.614. The van der Waals surface area contributed by atoms with Gasteiger partial charge in [0.2, 0.25) is 0 Å². The van der Waals surface area contributed by atoms with E-state index in [1.165, 1.54) is 5.56 Å². The molecule has 0 aromatic carbocycles. The molecule has 1 heterocycles. The van der Waals surface area contributed by atoms with Crippen LogP contribution in [0.1, 0.15) is 49.6 Å². The number of fused-ring (bicyclic) bond motifs is 1. The highest BCUT2D eigenvalue weighted by Crippen LogP contribution is 2.24. The molecule has 0 amide bonds. The number of nitrogen functional groups attached to an aromatic ring is 1. The summed E-state index contributed by atoms with van der Waals surface area (Å²) >= 11 is 0. The maximum atomic E-state index is 12.3. The molecule has 0 aliphatic heterocycles. The Kier molecular flexibility index (Phi) is 3.05. The molecule has 92 valence electrons. The van der Waals surface area contributed by atoms with E-state index in [4.69, 9.17) is 11.1 Å². The van der Waals surface area contributed by atoms with Crippen molar-refractivity contribution in [1.29, 1.82) is 5.41 Å². The van der Waals surface area contributed by atoms with Gasteiger partial charge in [0.1, 0.15) is 5.84 Å². The van der Waals surface area contributed by atoms with Gasteiger partial charge in [0, 0.05) is 11.7 Å². The van der Waals surface area contributed by atoms with E-state index in [9.17, 15) is 4.79 Å². The highest BCUT2D eigenvalue weighted by Gasteiger charge is 2.22. The number of nitrogens with one attached hydrogen (secondary N) is 1. The number of nitrogens with zero attached hydrogens (tertiary/aromatic N) is 1. The lowest BCUT2D eigenvalue weighted by atomic mass is 10.1. The number of nitrogens with two attached hydrogens (primary N) is 1. The summed E-state index contributed by atoms with van der Waals surface area (Å²) in [6, 6.07) is 1.99. The molecule has 1 aromatic heterocycles. The molecule has 1 aliphatic carbocycles. The van der Waals surface area contributed by atoms with E-state index in [0.29, 0.717) is 5.56 Å². The molecule has 4 heteroatoms. The molecule has 0 saturated carbocycles. The first-order chi connectivity index (χ1) is 8.06. The van der Waals surface area contributed by atoms with E-state index in [1.807, 2.05) is 17.6 Å². The maximum Gasteiger partial charge on any atom is 0.262 e. The molecule has 1 unspecified atom stereocenters. The highest BCUT2D eigenvalue weighted by atomic mass is 16.1. The fraction of sp³-hybridized carbons (Fsp3) is 0.538. The van der Waals surface area contributed by atoms with E-state index in [2.05, 4.69) is 6.92 Å². The van der Waals surface area contributed by atoms with Gasteiger partial charge in [0.15, 0.2) is 0 Å². The SMILES string of the molecule is CCC(C)n1c2c(cc(C(=N)N)c1=O)CCC2. The van der Waals surface area contributed by atoms with Crippen LogP contribution in [0, 0.1) is 5.41 Å². The van der Waals surface area contributed by atoms with Crippen LogP contribution in [0.25, 0.3) is 0 Å². The van der Waals surface area contributed by atoms with Crippen LogP contribution in [0.15, 0.2) is 10.9 Å². The Morgan fingerprint density at radius 1 is 1.59 bits per heavy atom. The normalized spacial score (nSPS) is 15.6. The molecule has 1 atom stereocenters. The van der Waals surface area contributed by atoms with E-state index < -0.39 is 0 Å².